The van der Waals surface area contributed by atoms with Crippen LogP contribution in [-0.4, -0.2) is 16.1 Å². The van der Waals surface area contributed by atoms with Crippen LogP contribution in [0.1, 0.15) is 37.1 Å². The number of aryl methyl sites for hydroxylation is 2. The Balaban J connectivity index is 1.99. The molecule has 1 aliphatic carbocycles. The number of rotatable bonds is 5. The van der Waals surface area contributed by atoms with E-state index in [9.17, 15) is 10.1 Å². The molecule has 8 heteroatoms. The van der Waals surface area contributed by atoms with Gasteiger partial charge in [0.15, 0.2) is 0 Å². The number of hydrogen-bond acceptors (Lipinski definition) is 7. The molecule has 3 N–H and O–H groups in total. The van der Waals surface area contributed by atoms with Gasteiger partial charge >= 0.3 is 0 Å². The van der Waals surface area contributed by atoms with Gasteiger partial charge in [-0.3, -0.25) is 14.8 Å². The van der Waals surface area contributed by atoms with Gasteiger partial charge in [-0.15, -0.1) is 0 Å². The molecular formula is C16H20N4O3S. The average Bonchev–Trinajstić information content (AvgIpc) is 3.16. The third-order valence-corrected chi connectivity index (χ3v) is 5.34. The molecule has 0 saturated heterocycles. The third-order valence-electron chi connectivity index (χ3n) is 4.33. The lowest BCUT2D eigenvalue weighted by Crippen LogP contribution is -2.18. The summed E-state index contributed by atoms with van der Waals surface area (Å²) in [7, 11) is 0. The van der Waals surface area contributed by atoms with E-state index in [4.69, 9.17) is 10.3 Å². The second kappa shape index (κ2) is 6.82. The number of benzene rings is 1. The Morgan fingerprint density at radius 3 is 2.67 bits per heavy atom. The van der Waals surface area contributed by atoms with Crippen LogP contribution in [0.4, 0.5) is 11.4 Å². The summed E-state index contributed by atoms with van der Waals surface area (Å²) < 4.78 is 8.57. The summed E-state index contributed by atoms with van der Waals surface area (Å²) >= 11 is 1.37. The second-order valence-corrected chi connectivity index (χ2v) is 6.94. The standard InChI is InChI=1S/C16H20N4O3S/c1-9-15(10(2)23-18-9)11-7-13(20(21)22)16(17)14(8-11)24-19-12-5-3-4-6-12/h7-8,12,19H,3-6,17H2,1-2H3. The molecular weight excluding hydrogens is 328 g/mol. The summed E-state index contributed by atoms with van der Waals surface area (Å²) in [6, 6.07) is 3.78. The monoisotopic (exact) mass is 348 g/mol. The summed E-state index contributed by atoms with van der Waals surface area (Å²) in [5, 5.41) is 15.3. The first kappa shape index (κ1) is 16.8. The number of nitro groups is 1. The lowest BCUT2D eigenvalue weighted by atomic mass is 10.0. The van der Waals surface area contributed by atoms with Gasteiger partial charge in [0.25, 0.3) is 5.69 Å². The van der Waals surface area contributed by atoms with E-state index in [0.29, 0.717) is 28.0 Å². The van der Waals surface area contributed by atoms with Crippen molar-refractivity contribution < 1.29 is 9.45 Å². The second-order valence-electron chi connectivity index (χ2n) is 6.06. The number of nitrogens with two attached hydrogens (primary N) is 1. The summed E-state index contributed by atoms with van der Waals surface area (Å²) in [5.41, 5.74) is 8.29. The molecule has 1 aliphatic rings. The summed E-state index contributed by atoms with van der Waals surface area (Å²) in [6.07, 6.45) is 4.68. The minimum atomic E-state index is -0.448. The van der Waals surface area contributed by atoms with Gasteiger partial charge in [-0.05, 0) is 50.3 Å². The van der Waals surface area contributed by atoms with E-state index < -0.39 is 4.92 Å². The molecule has 7 nitrogen and oxygen atoms in total. The highest BCUT2D eigenvalue weighted by atomic mass is 32.2. The van der Waals surface area contributed by atoms with E-state index in [-0.39, 0.29) is 11.4 Å². The summed E-state index contributed by atoms with van der Waals surface area (Å²) in [6.45, 7) is 3.61. The summed E-state index contributed by atoms with van der Waals surface area (Å²) in [4.78, 5) is 11.6. The fraction of sp³-hybridized carbons (Fsp3) is 0.438. The van der Waals surface area contributed by atoms with Gasteiger partial charge in [-0.1, -0.05) is 18.0 Å². The Morgan fingerprint density at radius 1 is 1.38 bits per heavy atom. The zero-order valence-corrected chi connectivity index (χ0v) is 14.5. The van der Waals surface area contributed by atoms with Crippen LogP contribution in [0.3, 0.4) is 0 Å². The average molecular weight is 348 g/mol. The van der Waals surface area contributed by atoms with Crippen molar-refractivity contribution in [2.75, 3.05) is 5.73 Å². The van der Waals surface area contributed by atoms with Crippen molar-refractivity contribution in [1.29, 1.82) is 0 Å². The first-order valence-corrected chi connectivity index (χ1v) is 8.72. The molecule has 3 rings (SSSR count). The number of aromatic nitrogens is 1. The molecule has 0 bridgehead atoms. The molecule has 0 amide bonds. The highest BCUT2D eigenvalue weighted by Crippen LogP contribution is 2.39. The lowest BCUT2D eigenvalue weighted by molar-refractivity contribution is -0.384. The number of nitro benzene ring substituents is 1. The normalized spacial score (nSPS) is 15.1. The number of nitrogens with one attached hydrogen (secondary N) is 1. The van der Waals surface area contributed by atoms with E-state index in [1.807, 2.05) is 13.0 Å². The van der Waals surface area contributed by atoms with Crippen LogP contribution in [0, 0.1) is 24.0 Å². The number of nitrogen functional groups attached to an aromatic ring is 1. The molecule has 0 spiro atoms. The predicted molar refractivity (Wildman–Crippen MR) is 93.7 cm³/mol. The van der Waals surface area contributed by atoms with Crippen molar-refractivity contribution in [2.45, 2.75) is 50.5 Å². The molecule has 0 aliphatic heterocycles. The van der Waals surface area contributed by atoms with Crippen molar-refractivity contribution in [3.8, 4) is 11.1 Å². The fourth-order valence-electron chi connectivity index (χ4n) is 3.08. The zero-order valence-electron chi connectivity index (χ0n) is 13.7. The van der Waals surface area contributed by atoms with Gasteiger partial charge in [0, 0.05) is 17.7 Å². The third kappa shape index (κ3) is 3.25. The molecule has 0 atom stereocenters. The summed E-state index contributed by atoms with van der Waals surface area (Å²) in [5.74, 6) is 0.631. The Kier molecular flexibility index (Phi) is 4.77. The largest absolute Gasteiger partial charge is 0.392 e. The van der Waals surface area contributed by atoms with Crippen LogP contribution in [-0.2, 0) is 0 Å². The molecule has 1 saturated carbocycles. The molecule has 1 fully saturated rings. The van der Waals surface area contributed by atoms with E-state index in [2.05, 4.69) is 9.88 Å². The van der Waals surface area contributed by atoms with E-state index in [1.54, 1.807) is 6.92 Å². The van der Waals surface area contributed by atoms with Gasteiger partial charge < -0.3 is 10.3 Å². The van der Waals surface area contributed by atoms with Crippen LogP contribution < -0.4 is 10.5 Å². The maximum Gasteiger partial charge on any atom is 0.293 e. The van der Waals surface area contributed by atoms with Crippen LogP contribution in [0.5, 0.6) is 0 Å². The van der Waals surface area contributed by atoms with Crippen molar-refractivity contribution in [3.05, 3.63) is 33.7 Å². The topological polar surface area (TPSA) is 107 Å². The minimum Gasteiger partial charge on any atom is -0.392 e. The molecule has 2 aromatic rings. The van der Waals surface area contributed by atoms with Crippen LogP contribution in [0.15, 0.2) is 21.6 Å². The number of nitrogens with zero attached hydrogens (tertiary/aromatic N) is 2. The quantitative estimate of drug-likeness (QED) is 0.364. The molecule has 0 radical (unpaired) electrons. The molecule has 128 valence electrons. The molecule has 24 heavy (non-hydrogen) atoms. The Bertz CT molecular complexity index is 749. The van der Waals surface area contributed by atoms with Crippen LogP contribution in [0.25, 0.3) is 11.1 Å². The smallest absolute Gasteiger partial charge is 0.293 e. The Hall–Kier alpha value is -2.06. The highest BCUT2D eigenvalue weighted by molar-refractivity contribution is 7.97. The van der Waals surface area contributed by atoms with Crippen LogP contribution in [0.2, 0.25) is 0 Å². The maximum absolute atomic E-state index is 11.4. The van der Waals surface area contributed by atoms with Crippen LogP contribution >= 0.6 is 11.9 Å². The molecule has 0 unspecified atom stereocenters. The van der Waals surface area contributed by atoms with E-state index in [1.165, 1.54) is 30.9 Å². The molecule has 1 heterocycles. The zero-order chi connectivity index (χ0) is 17.3. The van der Waals surface area contributed by atoms with Gasteiger partial charge in [0.1, 0.15) is 11.4 Å². The molecule has 1 aromatic heterocycles. The first-order chi connectivity index (χ1) is 11.5. The van der Waals surface area contributed by atoms with Gasteiger partial charge in [0.2, 0.25) is 0 Å². The lowest BCUT2D eigenvalue weighted by Gasteiger charge is -2.13. The van der Waals surface area contributed by atoms with Gasteiger partial charge in [-0.2, -0.15) is 0 Å². The minimum absolute atomic E-state index is 0.0942. The van der Waals surface area contributed by atoms with E-state index in [0.717, 1.165) is 18.4 Å². The maximum atomic E-state index is 11.4. The highest BCUT2D eigenvalue weighted by Gasteiger charge is 2.23. The SMILES string of the molecule is Cc1noc(C)c1-c1cc(SNC2CCCC2)c(N)c([N+](=O)[O-])c1. The van der Waals surface area contributed by atoms with Crippen molar-refractivity contribution in [2.24, 2.45) is 0 Å². The number of hydrogen-bond donors (Lipinski definition) is 2. The first-order valence-electron chi connectivity index (χ1n) is 7.91. The van der Waals surface area contributed by atoms with Crippen molar-refractivity contribution in [1.82, 2.24) is 9.88 Å². The molecule has 1 aromatic carbocycles. The van der Waals surface area contributed by atoms with E-state index >= 15 is 0 Å². The van der Waals surface area contributed by atoms with Crippen molar-refractivity contribution >= 4 is 23.3 Å². The van der Waals surface area contributed by atoms with Gasteiger partial charge in [0.05, 0.1) is 15.5 Å². The fourth-order valence-corrected chi connectivity index (χ4v) is 4.01. The Labute approximate surface area is 144 Å². The van der Waals surface area contributed by atoms with Gasteiger partial charge in [-0.25, -0.2) is 0 Å². The number of anilines is 1. The Morgan fingerprint density at radius 2 is 2.08 bits per heavy atom. The van der Waals surface area contributed by atoms with Crippen molar-refractivity contribution in [3.63, 3.8) is 0 Å². The predicted octanol–water partition coefficient (Wildman–Crippen LogP) is 3.99.